The first-order valence-electron chi connectivity index (χ1n) is 4.59. The zero-order chi connectivity index (χ0) is 11.6. The molecular weight excluding hydrogens is 212 g/mol. The van der Waals surface area contributed by atoms with Gasteiger partial charge in [0.25, 0.3) is 0 Å². The molecule has 0 fully saturated rings. The van der Waals surface area contributed by atoms with Crippen molar-refractivity contribution in [3.63, 3.8) is 0 Å². The van der Waals surface area contributed by atoms with Crippen molar-refractivity contribution in [1.29, 1.82) is 0 Å². The Hall–Kier alpha value is -1.07. The average molecular weight is 228 g/mol. The second-order valence-electron chi connectivity index (χ2n) is 3.55. The molecule has 1 aromatic rings. The summed E-state index contributed by atoms with van der Waals surface area (Å²) in [4.78, 5) is 0. The summed E-state index contributed by atoms with van der Waals surface area (Å²) in [6.45, 7) is 2.36. The van der Waals surface area contributed by atoms with Crippen molar-refractivity contribution in [3.8, 4) is 0 Å². The number of nitrogens with zero attached hydrogens (tertiary/aromatic N) is 1. The lowest BCUT2D eigenvalue weighted by Crippen LogP contribution is -2.25. The lowest BCUT2D eigenvalue weighted by atomic mass is 10.1. The predicted molar refractivity (Wildman–Crippen MR) is 62.3 cm³/mol. The summed E-state index contributed by atoms with van der Waals surface area (Å²) < 4.78 is 23.9. The van der Waals surface area contributed by atoms with E-state index < -0.39 is 10.0 Å². The SMILES string of the molecule is Cc1ccc(N(C)S(C)(=O)=O)cc1CN. The van der Waals surface area contributed by atoms with Gasteiger partial charge >= 0.3 is 0 Å². The van der Waals surface area contributed by atoms with Gasteiger partial charge in [-0.3, -0.25) is 4.31 Å². The molecule has 1 rings (SSSR count). The third kappa shape index (κ3) is 2.70. The number of hydrogen-bond acceptors (Lipinski definition) is 3. The van der Waals surface area contributed by atoms with Crippen LogP contribution in [0, 0.1) is 6.92 Å². The number of nitrogens with two attached hydrogens (primary N) is 1. The van der Waals surface area contributed by atoms with E-state index in [1.165, 1.54) is 17.6 Å². The maximum Gasteiger partial charge on any atom is 0.231 e. The highest BCUT2D eigenvalue weighted by atomic mass is 32.2. The minimum Gasteiger partial charge on any atom is -0.326 e. The van der Waals surface area contributed by atoms with Crippen molar-refractivity contribution in [3.05, 3.63) is 29.3 Å². The van der Waals surface area contributed by atoms with Gasteiger partial charge in [0.05, 0.1) is 11.9 Å². The average Bonchev–Trinajstić information content (AvgIpc) is 2.16. The van der Waals surface area contributed by atoms with Crippen LogP contribution in [0.4, 0.5) is 5.69 Å². The van der Waals surface area contributed by atoms with Crippen LogP contribution in [0.2, 0.25) is 0 Å². The summed E-state index contributed by atoms with van der Waals surface area (Å²) in [6.07, 6.45) is 1.18. The topological polar surface area (TPSA) is 63.4 Å². The number of anilines is 1. The van der Waals surface area contributed by atoms with Crippen LogP contribution in [0.15, 0.2) is 18.2 Å². The molecule has 0 aliphatic rings. The highest BCUT2D eigenvalue weighted by molar-refractivity contribution is 7.92. The maximum absolute atomic E-state index is 11.3. The normalized spacial score (nSPS) is 11.5. The second kappa shape index (κ2) is 4.20. The first kappa shape index (κ1) is 12.0. The van der Waals surface area contributed by atoms with Gasteiger partial charge in [-0.05, 0) is 30.2 Å². The quantitative estimate of drug-likeness (QED) is 0.834. The molecule has 0 aromatic heterocycles. The lowest BCUT2D eigenvalue weighted by molar-refractivity contribution is 0.600. The van der Waals surface area contributed by atoms with Crippen molar-refractivity contribution in [2.45, 2.75) is 13.5 Å². The molecule has 0 bridgehead atoms. The van der Waals surface area contributed by atoms with Crippen molar-refractivity contribution < 1.29 is 8.42 Å². The Labute approximate surface area is 90.8 Å². The fourth-order valence-electron chi connectivity index (χ4n) is 1.27. The molecule has 0 atom stereocenters. The van der Waals surface area contributed by atoms with Gasteiger partial charge in [-0.25, -0.2) is 8.42 Å². The van der Waals surface area contributed by atoms with E-state index in [4.69, 9.17) is 5.73 Å². The van der Waals surface area contributed by atoms with Gasteiger partial charge in [0, 0.05) is 13.6 Å². The number of sulfonamides is 1. The zero-order valence-electron chi connectivity index (χ0n) is 9.19. The van der Waals surface area contributed by atoms with Crippen molar-refractivity contribution >= 4 is 15.7 Å². The molecule has 2 N–H and O–H groups in total. The Kier molecular flexibility index (Phi) is 3.36. The first-order valence-corrected chi connectivity index (χ1v) is 6.44. The molecule has 0 radical (unpaired) electrons. The lowest BCUT2D eigenvalue weighted by Gasteiger charge is -2.18. The molecule has 0 unspecified atom stereocenters. The summed E-state index contributed by atoms with van der Waals surface area (Å²) in [5.74, 6) is 0. The van der Waals surface area contributed by atoms with E-state index >= 15 is 0 Å². The van der Waals surface area contributed by atoms with E-state index in [2.05, 4.69) is 0 Å². The maximum atomic E-state index is 11.3. The molecule has 0 aliphatic carbocycles. The molecule has 0 saturated carbocycles. The minimum atomic E-state index is -3.20. The van der Waals surface area contributed by atoms with E-state index in [9.17, 15) is 8.42 Å². The summed E-state index contributed by atoms with van der Waals surface area (Å²) in [6, 6.07) is 5.45. The van der Waals surface area contributed by atoms with E-state index in [1.807, 2.05) is 13.0 Å². The molecule has 1 aromatic carbocycles. The van der Waals surface area contributed by atoms with Crippen LogP contribution in [-0.2, 0) is 16.6 Å². The summed E-state index contributed by atoms with van der Waals surface area (Å²) in [5, 5.41) is 0. The van der Waals surface area contributed by atoms with Gasteiger partial charge in [0.1, 0.15) is 0 Å². The molecule has 5 heteroatoms. The Balaban J connectivity index is 3.17. The third-order valence-electron chi connectivity index (χ3n) is 2.41. The second-order valence-corrected chi connectivity index (χ2v) is 5.56. The van der Waals surface area contributed by atoms with Crippen LogP contribution in [0.3, 0.4) is 0 Å². The highest BCUT2D eigenvalue weighted by Gasteiger charge is 2.12. The molecular formula is C10H16N2O2S. The van der Waals surface area contributed by atoms with Crippen molar-refractivity contribution in [2.75, 3.05) is 17.6 Å². The number of rotatable bonds is 3. The van der Waals surface area contributed by atoms with Crippen LogP contribution < -0.4 is 10.0 Å². The van der Waals surface area contributed by atoms with Gasteiger partial charge in [0.2, 0.25) is 10.0 Å². The third-order valence-corrected chi connectivity index (χ3v) is 3.62. The van der Waals surface area contributed by atoms with Gasteiger partial charge in [-0.1, -0.05) is 6.07 Å². The highest BCUT2D eigenvalue weighted by Crippen LogP contribution is 2.19. The van der Waals surface area contributed by atoms with E-state index in [-0.39, 0.29) is 0 Å². The molecule has 0 aliphatic heterocycles. The Morgan fingerprint density at radius 3 is 2.47 bits per heavy atom. The summed E-state index contributed by atoms with van der Waals surface area (Å²) >= 11 is 0. The smallest absolute Gasteiger partial charge is 0.231 e. The van der Waals surface area contributed by atoms with Gasteiger partial charge in [0.15, 0.2) is 0 Å². The van der Waals surface area contributed by atoms with Crippen LogP contribution in [0.1, 0.15) is 11.1 Å². The van der Waals surface area contributed by atoms with Gasteiger partial charge < -0.3 is 5.73 Å². The Morgan fingerprint density at radius 1 is 1.40 bits per heavy atom. The number of aryl methyl sites for hydroxylation is 1. The Morgan fingerprint density at radius 2 is 2.00 bits per heavy atom. The standard InChI is InChI=1S/C10H16N2O2S/c1-8-4-5-10(6-9(8)7-11)12(2)15(3,13)14/h4-6H,7,11H2,1-3H3. The van der Waals surface area contributed by atoms with Gasteiger partial charge in [-0.2, -0.15) is 0 Å². The van der Waals surface area contributed by atoms with E-state index in [0.717, 1.165) is 11.1 Å². The van der Waals surface area contributed by atoms with Crippen LogP contribution in [0.25, 0.3) is 0 Å². The number of hydrogen-bond donors (Lipinski definition) is 1. The molecule has 0 saturated heterocycles. The van der Waals surface area contributed by atoms with Crippen molar-refractivity contribution in [2.24, 2.45) is 5.73 Å². The van der Waals surface area contributed by atoms with Gasteiger partial charge in [-0.15, -0.1) is 0 Å². The first-order chi connectivity index (χ1) is 6.86. The monoisotopic (exact) mass is 228 g/mol. The molecule has 0 heterocycles. The molecule has 0 amide bonds. The van der Waals surface area contributed by atoms with E-state index in [1.54, 1.807) is 12.1 Å². The van der Waals surface area contributed by atoms with Crippen molar-refractivity contribution in [1.82, 2.24) is 0 Å². The predicted octanol–water partition coefficient (Wildman–Crippen LogP) is 0.850. The Bertz CT molecular complexity index is 454. The van der Waals surface area contributed by atoms with Crippen LogP contribution in [0.5, 0.6) is 0 Å². The zero-order valence-corrected chi connectivity index (χ0v) is 10.0. The largest absolute Gasteiger partial charge is 0.326 e. The molecule has 84 valence electrons. The molecule has 15 heavy (non-hydrogen) atoms. The fourth-order valence-corrected chi connectivity index (χ4v) is 1.76. The molecule has 4 nitrogen and oxygen atoms in total. The summed E-state index contributed by atoms with van der Waals surface area (Å²) in [7, 11) is -1.67. The number of benzene rings is 1. The van der Waals surface area contributed by atoms with Crippen LogP contribution in [-0.4, -0.2) is 21.7 Å². The van der Waals surface area contributed by atoms with Crippen LogP contribution >= 0.6 is 0 Å². The minimum absolute atomic E-state index is 0.414. The molecule has 0 spiro atoms. The summed E-state index contributed by atoms with van der Waals surface area (Å²) in [5.41, 5.74) is 8.24. The fraction of sp³-hybridized carbons (Fsp3) is 0.400. The van der Waals surface area contributed by atoms with E-state index in [0.29, 0.717) is 12.2 Å².